The zero-order valence-corrected chi connectivity index (χ0v) is 16.6. The summed E-state index contributed by atoms with van der Waals surface area (Å²) in [5.41, 5.74) is 0.223. The molecule has 0 saturated heterocycles. The van der Waals surface area contributed by atoms with Crippen LogP contribution in [0.4, 0.5) is 5.69 Å². The van der Waals surface area contributed by atoms with Gasteiger partial charge >= 0.3 is 0 Å². The summed E-state index contributed by atoms with van der Waals surface area (Å²) in [4.78, 5) is 26.7. The van der Waals surface area contributed by atoms with E-state index < -0.39 is 32.7 Å². The Morgan fingerprint density at radius 3 is 2.52 bits per heavy atom. The number of nitrogens with one attached hydrogen (secondary N) is 2. The molecule has 1 amide bonds. The van der Waals surface area contributed by atoms with Crippen LogP contribution in [0, 0.1) is 5.92 Å². The summed E-state index contributed by atoms with van der Waals surface area (Å²) in [6.45, 7) is 4.28. The maximum Gasteiger partial charge on any atom is 0.239 e. The highest BCUT2D eigenvalue weighted by Gasteiger charge is 2.19. The van der Waals surface area contributed by atoms with Crippen LogP contribution in [-0.4, -0.2) is 31.7 Å². The zero-order valence-electron chi connectivity index (χ0n) is 15.0. The van der Waals surface area contributed by atoms with Crippen molar-refractivity contribution in [2.45, 2.75) is 19.6 Å². The van der Waals surface area contributed by atoms with Crippen LogP contribution in [-0.2, 0) is 20.4 Å². The van der Waals surface area contributed by atoms with E-state index in [1.165, 1.54) is 12.3 Å². The monoisotopic (exact) mass is 412 g/mol. The first kappa shape index (κ1) is 21.0. The Morgan fingerprint density at radius 1 is 1.26 bits per heavy atom. The predicted octanol–water partition coefficient (Wildman–Crippen LogP) is 2.62. The van der Waals surface area contributed by atoms with Crippen molar-refractivity contribution in [3.63, 3.8) is 0 Å². The number of sulfone groups is 1. The van der Waals surface area contributed by atoms with Crippen molar-refractivity contribution in [3.05, 3.63) is 57.5 Å². The largest absolute Gasteiger partial charge is 0.488 e. The maximum atomic E-state index is 12.2. The number of rotatable bonds is 8. The highest BCUT2D eigenvalue weighted by molar-refractivity contribution is 7.91. The standard InChI is InChI=1S/C18H21ClN2O5S/c1-12(2)9-26-17-8-20-15(7-16(17)22)10-27(24,25)11-18(23)21-14-5-3-13(19)4-6-14/h3-8,12H,9-11H2,1-2H3,(H,20,22)(H,21,23). The van der Waals surface area contributed by atoms with Gasteiger partial charge in [-0.05, 0) is 30.2 Å². The van der Waals surface area contributed by atoms with Crippen LogP contribution in [0.5, 0.6) is 5.75 Å². The molecule has 27 heavy (non-hydrogen) atoms. The molecule has 2 N–H and O–H groups in total. The van der Waals surface area contributed by atoms with Gasteiger partial charge in [-0.2, -0.15) is 0 Å². The molecule has 1 heterocycles. The number of anilines is 1. The average Bonchev–Trinajstić information content (AvgIpc) is 2.55. The van der Waals surface area contributed by atoms with Gasteiger partial charge in [0, 0.05) is 28.7 Å². The lowest BCUT2D eigenvalue weighted by atomic mass is 10.2. The number of hydrogen-bond donors (Lipinski definition) is 2. The molecule has 2 rings (SSSR count). The second kappa shape index (κ2) is 9.05. The highest BCUT2D eigenvalue weighted by Crippen LogP contribution is 2.14. The Kier molecular flexibility index (Phi) is 7.04. The van der Waals surface area contributed by atoms with Gasteiger partial charge in [0.1, 0.15) is 5.75 Å². The third-order valence-electron chi connectivity index (χ3n) is 3.36. The molecule has 1 aromatic heterocycles. The first-order valence-corrected chi connectivity index (χ1v) is 10.4. The molecule has 0 aliphatic carbocycles. The van der Waals surface area contributed by atoms with E-state index in [9.17, 15) is 18.0 Å². The van der Waals surface area contributed by atoms with Gasteiger partial charge in [-0.3, -0.25) is 9.59 Å². The molecule has 0 atom stereocenters. The fourth-order valence-corrected chi connectivity index (χ4v) is 3.51. The summed E-state index contributed by atoms with van der Waals surface area (Å²) >= 11 is 5.76. The van der Waals surface area contributed by atoms with Gasteiger partial charge in [-0.15, -0.1) is 0 Å². The summed E-state index contributed by atoms with van der Waals surface area (Å²) in [6, 6.07) is 7.48. The van der Waals surface area contributed by atoms with Crippen LogP contribution in [0.25, 0.3) is 0 Å². The van der Waals surface area contributed by atoms with Gasteiger partial charge in [0.2, 0.25) is 11.3 Å². The van der Waals surface area contributed by atoms with Crippen LogP contribution in [0.3, 0.4) is 0 Å². The predicted molar refractivity (Wildman–Crippen MR) is 105 cm³/mol. The molecule has 9 heteroatoms. The summed E-state index contributed by atoms with van der Waals surface area (Å²) in [6.07, 6.45) is 1.34. The summed E-state index contributed by atoms with van der Waals surface area (Å²) in [7, 11) is -3.77. The number of ether oxygens (including phenoxy) is 1. The van der Waals surface area contributed by atoms with Crippen molar-refractivity contribution in [2.75, 3.05) is 17.7 Å². The topological polar surface area (TPSA) is 105 Å². The van der Waals surface area contributed by atoms with Crippen LogP contribution < -0.4 is 15.5 Å². The number of aromatic amines is 1. The number of halogens is 1. The van der Waals surface area contributed by atoms with Crippen molar-refractivity contribution in [2.24, 2.45) is 5.92 Å². The number of pyridine rings is 1. The van der Waals surface area contributed by atoms with Crippen LogP contribution >= 0.6 is 11.6 Å². The quantitative estimate of drug-likeness (QED) is 0.693. The van der Waals surface area contributed by atoms with E-state index in [1.807, 2.05) is 13.8 Å². The van der Waals surface area contributed by atoms with Crippen molar-refractivity contribution in [3.8, 4) is 5.75 Å². The minimum atomic E-state index is -3.77. The third-order valence-corrected chi connectivity index (χ3v) is 5.07. The maximum absolute atomic E-state index is 12.2. The van der Waals surface area contributed by atoms with E-state index in [4.69, 9.17) is 16.3 Å². The molecule has 0 aliphatic rings. The molecule has 0 bridgehead atoms. The van der Waals surface area contributed by atoms with Gasteiger partial charge in [-0.1, -0.05) is 25.4 Å². The molecule has 1 aromatic carbocycles. The molecule has 146 valence electrons. The molecular formula is C18H21ClN2O5S. The second-order valence-electron chi connectivity index (χ2n) is 6.48. The fourth-order valence-electron chi connectivity index (χ4n) is 2.17. The Bertz CT molecular complexity index is 952. The van der Waals surface area contributed by atoms with Crippen LogP contribution in [0.1, 0.15) is 19.5 Å². The molecule has 0 fully saturated rings. The van der Waals surface area contributed by atoms with Crippen LogP contribution in [0.15, 0.2) is 41.3 Å². The Morgan fingerprint density at radius 2 is 1.93 bits per heavy atom. The second-order valence-corrected chi connectivity index (χ2v) is 8.98. The molecule has 0 aliphatic heterocycles. The molecule has 0 unspecified atom stereocenters. The SMILES string of the molecule is CC(C)COc1c[nH]c(CS(=O)(=O)CC(=O)Nc2ccc(Cl)cc2)cc1=O. The first-order chi connectivity index (χ1) is 12.6. The minimum Gasteiger partial charge on any atom is -0.488 e. The number of aromatic nitrogens is 1. The van der Waals surface area contributed by atoms with Crippen LogP contribution in [0.2, 0.25) is 5.02 Å². The lowest BCUT2D eigenvalue weighted by Gasteiger charge is -2.09. The smallest absolute Gasteiger partial charge is 0.239 e. The van der Waals surface area contributed by atoms with E-state index in [0.717, 1.165) is 0 Å². The van der Waals surface area contributed by atoms with E-state index in [0.29, 0.717) is 17.3 Å². The summed E-state index contributed by atoms with van der Waals surface area (Å²) in [5.74, 6) is -1.45. The molecular weight excluding hydrogens is 392 g/mol. The van der Waals surface area contributed by atoms with Crippen molar-refractivity contribution in [1.82, 2.24) is 4.98 Å². The summed E-state index contributed by atoms with van der Waals surface area (Å²) in [5, 5.41) is 3.00. The van der Waals surface area contributed by atoms with E-state index in [1.54, 1.807) is 24.3 Å². The first-order valence-electron chi connectivity index (χ1n) is 8.25. The van der Waals surface area contributed by atoms with Crippen molar-refractivity contribution >= 4 is 33.0 Å². The molecule has 0 saturated carbocycles. The number of amides is 1. The average molecular weight is 413 g/mol. The van der Waals surface area contributed by atoms with E-state index in [2.05, 4.69) is 10.3 Å². The third kappa shape index (κ3) is 7.07. The number of carbonyl (C=O) groups excluding carboxylic acids is 1. The van der Waals surface area contributed by atoms with Crippen molar-refractivity contribution in [1.29, 1.82) is 0 Å². The Hall–Kier alpha value is -2.32. The Labute approximate surface area is 162 Å². The lowest BCUT2D eigenvalue weighted by Crippen LogP contribution is -2.24. The number of hydrogen-bond acceptors (Lipinski definition) is 5. The lowest BCUT2D eigenvalue weighted by molar-refractivity contribution is -0.113. The zero-order chi connectivity index (χ0) is 20.0. The van der Waals surface area contributed by atoms with Crippen molar-refractivity contribution < 1.29 is 17.9 Å². The van der Waals surface area contributed by atoms with Gasteiger partial charge in [0.25, 0.3) is 0 Å². The normalized spacial score (nSPS) is 11.4. The van der Waals surface area contributed by atoms with Gasteiger partial charge in [-0.25, -0.2) is 8.42 Å². The Balaban J connectivity index is 1.98. The molecule has 2 aromatic rings. The fraction of sp³-hybridized carbons (Fsp3) is 0.333. The van der Waals surface area contributed by atoms with E-state index >= 15 is 0 Å². The number of benzene rings is 1. The van der Waals surface area contributed by atoms with Gasteiger partial charge in [0.05, 0.1) is 12.4 Å². The van der Waals surface area contributed by atoms with Gasteiger partial charge in [0.15, 0.2) is 15.6 Å². The number of H-pyrrole nitrogens is 1. The minimum absolute atomic E-state index is 0.130. The summed E-state index contributed by atoms with van der Waals surface area (Å²) < 4.78 is 29.8. The molecule has 0 spiro atoms. The highest BCUT2D eigenvalue weighted by atomic mass is 35.5. The van der Waals surface area contributed by atoms with Gasteiger partial charge < -0.3 is 15.0 Å². The molecule has 7 nitrogen and oxygen atoms in total. The molecule has 0 radical (unpaired) electrons. The number of carbonyl (C=O) groups is 1. The van der Waals surface area contributed by atoms with E-state index in [-0.39, 0.29) is 17.4 Å².